The number of carbonyl (C=O) groups excluding carboxylic acids is 1. The monoisotopic (exact) mass is 305 g/mol. The van der Waals surface area contributed by atoms with Gasteiger partial charge in [-0.25, -0.2) is 4.79 Å². The first kappa shape index (κ1) is 18.2. The zero-order valence-electron chi connectivity index (χ0n) is 13.9. The number of benzene rings is 1. The quantitative estimate of drug-likeness (QED) is 0.791. The Labute approximate surface area is 133 Å². The van der Waals surface area contributed by atoms with E-state index in [4.69, 9.17) is 4.74 Å². The molecule has 4 nitrogen and oxygen atoms in total. The Hall–Kier alpha value is -1.81. The number of nitrogens with one attached hydrogen (secondary N) is 1. The molecule has 1 aromatic rings. The molecule has 1 aromatic carbocycles. The Balaban J connectivity index is 2.87. The Morgan fingerprint density at radius 2 is 1.91 bits per heavy atom. The van der Waals surface area contributed by atoms with Gasteiger partial charge in [-0.05, 0) is 46.1 Å². The van der Waals surface area contributed by atoms with Gasteiger partial charge in [-0.1, -0.05) is 36.4 Å². The fourth-order valence-electron chi connectivity index (χ4n) is 2.16. The van der Waals surface area contributed by atoms with Crippen molar-refractivity contribution >= 4 is 6.09 Å². The van der Waals surface area contributed by atoms with E-state index >= 15 is 0 Å². The maximum atomic E-state index is 12.0. The van der Waals surface area contributed by atoms with Crippen LogP contribution in [0.3, 0.4) is 0 Å². The number of ether oxygens (including phenoxy) is 1. The molecule has 0 radical (unpaired) electrons. The number of carbonyl (C=O) groups is 1. The van der Waals surface area contributed by atoms with Crippen molar-refractivity contribution in [3.63, 3.8) is 0 Å². The largest absolute Gasteiger partial charge is 0.444 e. The standard InChI is InChI=1S/C18H27NO3/c1-6-12-18(5,21)15(13-14-10-8-7-9-11-14)19-16(20)22-17(2,3)4/h6-11,15,21H,1,12-13H2,2-5H3,(H,19,20)/t15-,18-/m0/s1. The van der Waals surface area contributed by atoms with Gasteiger partial charge in [0, 0.05) is 0 Å². The molecule has 0 spiro atoms. The first-order chi connectivity index (χ1) is 10.1. The second-order valence-corrected chi connectivity index (χ2v) is 6.74. The van der Waals surface area contributed by atoms with E-state index in [1.807, 2.05) is 30.3 Å². The van der Waals surface area contributed by atoms with Crippen molar-refractivity contribution in [2.75, 3.05) is 0 Å². The van der Waals surface area contributed by atoms with E-state index in [0.717, 1.165) is 5.56 Å². The Morgan fingerprint density at radius 1 is 1.32 bits per heavy atom. The van der Waals surface area contributed by atoms with E-state index in [0.29, 0.717) is 12.8 Å². The minimum Gasteiger partial charge on any atom is -0.444 e. The molecule has 0 aliphatic heterocycles. The van der Waals surface area contributed by atoms with Gasteiger partial charge in [-0.3, -0.25) is 0 Å². The van der Waals surface area contributed by atoms with Crippen LogP contribution in [0.4, 0.5) is 4.79 Å². The Morgan fingerprint density at radius 3 is 2.41 bits per heavy atom. The van der Waals surface area contributed by atoms with Crippen LogP contribution in [0.25, 0.3) is 0 Å². The first-order valence-corrected chi connectivity index (χ1v) is 7.51. The van der Waals surface area contributed by atoms with E-state index in [1.54, 1.807) is 33.8 Å². The number of aliphatic hydroxyl groups is 1. The molecule has 0 aromatic heterocycles. The molecular formula is C18H27NO3. The number of alkyl carbamates (subject to hydrolysis) is 1. The number of hydrogen-bond acceptors (Lipinski definition) is 3. The fourth-order valence-corrected chi connectivity index (χ4v) is 2.16. The topological polar surface area (TPSA) is 58.6 Å². The van der Waals surface area contributed by atoms with E-state index in [2.05, 4.69) is 11.9 Å². The third-order valence-electron chi connectivity index (χ3n) is 3.28. The minimum absolute atomic E-state index is 0.375. The zero-order chi connectivity index (χ0) is 16.8. The summed E-state index contributed by atoms with van der Waals surface area (Å²) >= 11 is 0. The van der Waals surface area contributed by atoms with Gasteiger partial charge in [0.05, 0.1) is 11.6 Å². The lowest BCUT2D eigenvalue weighted by molar-refractivity contribution is 0.00757. The van der Waals surface area contributed by atoms with Crippen LogP contribution in [-0.4, -0.2) is 28.4 Å². The molecule has 0 saturated carbocycles. The minimum atomic E-state index is -1.10. The predicted octanol–water partition coefficient (Wildman–Crippen LogP) is 3.45. The number of amides is 1. The third kappa shape index (κ3) is 6.31. The smallest absolute Gasteiger partial charge is 0.407 e. The molecule has 0 unspecified atom stereocenters. The first-order valence-electron chi connectivity index (χ1n) is 7.51. The van der Waals surface area contributed by atoms with Crippen LogP contribution < -0.4 is 5.32 Å². The average molecular weight is 305 g/mol. The summed E-state index contributed by atoms with van der Waals surface area (Å²) in [7, 11) is 0. The van der Waals surface area contributed by atoms with Gasteiger partial charge in [0.25, 0.3) is 0 Å². The van der Waals surface area contributed by atoms with Crippen molar-refractivity contribution in [3.8, 4) is 0 Å². The average Bonchev–Trinajstić information content (AvgIpc) is 2.37. The second-order valence-electron chi connectivity index (χ2n) is 6.74. The highest BCUT2D eigenvalue weighted by Gasteiger charge is 2.33. The highest BCUT2D eigenvalue weighted by Crippen LogP contribution is 2.20. The molecule has 22 heavy (non-hydrogen) atoms. The summed E-state index contributed by atoms with van der Waals surface area (Å²) in [5.74, 6) is 0. The zero-order valence-corrected chi connectivity index (χ0v) is 13.9. The van der Waals surface area contributed by atoms with Gasteiger partial charge >= 0.3 is 6.09 Å². The molecule has 0 fully saturated rings. The highest BCUT2D eigenvalue weighted by atomic mass is 16.6. The van der Waals surface area contributed by atoms with Crippen LogP contribution in [0.5, 0.6) is 0 Å². The summed E-state index contributed by atoms with van der Waals surface area (Å²) in [6, 6.07) is 9.26. The summed E-state index contributed by atoms with van der Waals surface area (Å²) in [5, 5.41) is 13.4. The molecule has 1 amide bonds. The van der Waals surface area contributed by atoms with E-state index in [-0.39, 0.29) is 0 Å². The van der Waals surface area contributed by atoms with Gasteiger partial charge in [0.1, 0.15) is 5.60 Å². The molecule has 1 rings (SSSR count). The Bertz CT molecular complexity index is 489. The van der Waals surface area contributed by atoms with Gasteiger partial charge in [-0.15, -0.1) is 6.58 Å². The summed E-state index contributed by atoms with van der Waals surface area (Å²) in [4.78, 5) is 12.0. The van der Waals surface area contributed by atoms with Crippen LogP contribution in [0.2, 0.25) is 0 Å². The number of rotatable bonds is 6. The van der Waals surface area contributed by atoms with Crippen LogP contribution in [0, 0.1) is 0 Å². The molecule has 0 heterocycles. The van der Waals surface area contributed by atoms with Crippen molar-refractivity contribution in [2.45, 2.75) is 57.8 Å². The summed E-state index contributed by atoms with van der Waals surface area (Å²) in [5.41, 5.74) is -0.645. The molecule has 2 atom stereocenters. The normalized spacial score (nSPS) is 15.5. The van der Waals surface area contributed by atoms with Gasteiger partial charge in [0.15, 0.2) is 0 Å². The second kappa shape index (κ2) is 7.45. The van der Waals surface area contributed by atoms with Gasteiger partial charge in [-0.2, -0.15) is 0 Å². The molecule has 0 aliphatic carbocycles. The van der Waals surface area contributed by atoms with E-state index in [9.17, 15) is 9.90 Å². The van der Waals surface area contributed by atoms with Crippen molar-refractivity contribution in [1.82, 2.24) is 5.32 Å². The van der Waals surface area contributed by atoms with Gasteiger partial charge < -0.3 is 15.2 Å². The van der Waals surface area contributed by atoms with E-state index in [1.165, 1.54) is 0 Å². The van der Waals surface area contributed by atoms with Crippen molar-refractivity contribution in [2.24, 2.45) is 0 Å². The summed E-state index contributed by atoms with van der Waals surface area (Å²) < 4.78 is 5.29. The van der Waals surface area contributed by atoms with E-state index < -0.39 is 23.3 Å². The van der Waals surface area contributed by atoms with Crippen LogP contribution in [0.15, 0.2) is 43.0 Å². The van der Waals surface area contributed by atoms with Crippen molar-refractivity contribution in [3.05, 3.63) is 48.6 Å². The van der Waals surface area contributed by atoms with Crippen molar-refractivity contribution < 1.29 is 14.6 Å². The predicted molar refractivity (Wildman–Crippen MR) is 88.7 cm³/mol. The Kier molecular flexibility index (Phi) is 6.18. The van der Waals surface area contributed by atoms with Crippen LogP contribution >= 0.6 is 0 Å². The molecule has 122 valence electrons. The molecule has 2 N–H and O–H groups in total. The highest BCUT2D eigenvalue weighted by molar-refractivity contribution is 5.68. The fraction of sp³-hybridized carbons (Fsp3) is 0.500. The number of hydrogen-bond donors (Lipinski definition) is 2. The van der Waals surface area contributed by atoms with Gasteiger partial charge in [0.2, 0.25) is 0 Å². The lowest BCUT2D eigenvalue weighted by Crippen LogP contribution is -2.53. The molecule has 0 aliphatic rings. The SMILES string of the molecule is C=CC[C@](C)(O)[C@H](Cc1ccccc1)NC(=O)OC(C)(C)C. The maximum absolute atomic E-state index is 12.0. The summed E-state index contributed by atoms with van der Waals surface area (Å²) in [6.45, 7) is 10.8. The molecular weight excluding hydrogens is 278 g/mol. The maximum Gasteiger partial charge on any atom is 0.407 e. The van der Waals surface area contributed by atoms with Crippen molar-refractivity contribution in [1.29, 1.82) is 0 Å². The van der Waals surface area contributed by atoms with Crippen LogP contribution in [0.1, 0.15) is 39.7 Å². The molecule has 0 bridgehead atoms. The third-order valence-corrected chi connectivity index (χ3v) is 3.28. The van der Waals surface area contributed by atoms with Crippen LogP contribution in [-0.2, 0) is 11.2 Å². The summed E-state index contributed by atoms with van der Waals surface area (Å²) in [6.07, 6.45) is 2.01. The molecule has 4 heteroatoms. The lowest BCUT2D eigenvalue weighted by atomic mass is 9.88. The molecule has 0 saturated heterocycles. The lowest BCUT2D eigenvalue weighted by Gasteiger charge is -2.33.